The third-order valence-electron chi connectivity index (χ3n) is 3.68. The lowest BCUT2D eigenvalue weighted by molar-refractivity contribution is 1.10. The maximum atomic E-state index is 4.60. The van der Waals surface area contributed by atoms with Crippen LogP contribution in [0.15, 0.2) is 70.6 Å². The van der Waals surface area contributed by atoms with Crippen molar-refractivity contribution in [2.24, 2.45) is 4.99 Å². The highest BCUT2D eigenvalue weighted by Crippen LogP contribution is 2.24. The maximum absolute atomic E-state index is 4.60. The zero-order valence-electron chi connectivity index (χ0n) is 14.0. The summed E-state index contributed by atoms with van der Waals surface area (Å²) in [6.07, 6.45) is 1.19. The van der Waals surface area contributed by atoms with E-state index in [2.05, 4.69) is 77.5 Å². The zero-order chi connectivity index (χ0) is 17.5. The number of aliphatic imine (C=N–C) groups is 1. The normalized spacial score (nSPS) is 9.96. The molecule has 0 aliphatic rings. The van der Waals surface area contributed by atoms with Gasteiger partial charge in [0.25, 0.3) is 0 Å². The van der Waals surface area contributed by atoms with Crippen molar-refractivity contribution in [3.05, 3.63) is 71.8 Å². The van der Waals surface area contributed by atoms with E-state index in [1.54, 1.807) is 0 Å². The predicted octanol–water partition coefficient (Wildman–Crippen LogP) is 6.48. The van der Waals surface area contributed by atoms with Crippen molar-refractivity contribution < 1.29 is 0 Å². The molecule has 0 fully saturated rings. The van der Waals surface area contributed by atoms with Crippen LogP contribution in [0.3, 0.4) is 0 Å². The number of hydrogen-bond acceptors (Lipinski definition) is 3. The molecule has 0 aliphatic heterocycles. The first kappa shape index (κ1) is 17.5. The molecule has 0 radical (unpaired) electrons. The molecular weight excluding hydrogens is 342 g/mol. The second-order valence-electron chi connectivity index (χ2n) is 5.57. The molecular formula is C22H17NS2. The fourth-order valence-electron chi connectivity index (χ4n) is 2.43. The van der Waals surface area contributed by atoms with E-state index in [0.717, 1.165) is 22.6 Å². The first-order valence-corrected chi connectivity index (χ1v) is 9.54. The summed E-state index contributed by atoms with van der Waals surface area (Å²) in [5.41, 5.74) is 2.76. The number of thioether (sulfide) groups is 1. The molecule has 0 N–H and O–H groups in total. The van der Waals surface area contributed by atoms with Crippen LogP contribution < -0.4 is 0 Å². The molecule has 1 nitrogen and oxygen atoms in total. The van der Waals surface area contributed by atoms with Crippen molar-refractivity contribution in [1.82, 2.24) is 0 Å². The second-order valence-corrected chi connectivity index (χ2v) is 6.92. The van der Waals surface area contributed by atoms with Crippen LogP contribution in [0.2, 0.25) is 0 Å². The smallest absolute Gasteiger partial charge is 0.0740 e. The lowest BCUT2D eigenvalue weighted by Gasteiger charge is -2.03. The molecule has 3 aromatic rings. The van der Waals surface area contributed by atoms with Crippen LogP contribution in [0.1, 0.15) is 24.5 Å². The van der Waals surface area contributed by atoms with E-state index in [9.17, 15) is 0 Å². The highest BCUT2D eigenvalue weighted by molar-refractivity contribution is 7.99. The van der Waals surface area contributed by atoms with Gasteiger partial charge in [0.1, 0.15) is 0 Å². The Morgan fingerprint density at radius 3 is 2.32 bits per heavy atom. The number of fused-ring (bicyclic) bond motifs is 1. The summed E-state index contributed by atoms with van der Waals surface area (Å²) in [5.74, 6) is 7.58. The molecule has 25 heavy (non-hydrogen) atoms. The molecule has 0 spiro atoms. The van der Waals surface area contributed by atoms with Gasteiger partial charge in [-0.1, -0.05) is 30.9 Å². The van der Waals surface area contributed by atoms with Crippen LogP contribution in [0, 0.1) is 11.8 Å². The monoisotopic (exact) mass is 359 g/mol. The predicted molar refractivity (Wildman–Crippen MR) is 112 cm³/mol. The van der Waals surface area contributed by atoms with Crippen LogP contribution in [-0.4, -0.2) is 10.9 Å². The van der Waals surface area contributed by atoms with Crippen molar-refractivity contribution in [2.45, 2.75) is 18.2 Å². The van der Waals surface area contributed by atoms with Crippen molar-refractivity contribution in [2.75, 3.05) is 5.75 Å². The van der Waals surface area contributed by atoms with Crippen LogP contribution in [0.25, 0.3) is 10.8 Å². The third-order valence-corrected chi connectivity index (χ3v) is 4.97. The Labute approximate surface area is 158 Å². The van der Waals surface area contributed by atoms with Crippen molar-refractivity contribution in [3.8, 4) is 11.8 Å². The molecule has 3 heteroatoms. The Hall–Kier alpha value is -2.37. The van der Waals surface area contributed by atoms with E-state index in [0.29, 0.717) is 0 Å². The van der Waals surface area contributed by atoms with Crippen molar-refractivity contribution in [1.29, 1.82) is 0 Å². The van der Waals surface area contributed by atoms with E-state index in [1.165, 1.54) is 22.1 Å². The van der Waals surface area contributed by atoms with E-state index in [-0.39, 0.29) is 0 Å². The molecule has 0 unspecified atom stereocenters. The van der Waals surface area contributed by atoms with E-state index in [1.807, 2.05) is 36.0 Å². The minimum atomic E-state index is 0.794. The van der Waals surface area contributed by atoms with Gasteiger partial charge < -0.3 is 0 Å². The molecule has 0 bridgehead atoms. The van der Waals surface area contributed by atoms with E-state index < -0.39 is 0 Å². The molecule has 0 atom stereocenters. The number of benzene rings is 3. The molecule has 3 aromatic carbocycles. The highest BCUT2D eigenvalue weighted by atomic mass is 32.2. The Bertz CT molecular complexity index is 988. The Kier molecular flexibility index (Phi) is 6.04. The molecule has 0 saturated heterocycles. The summed E-state index contributed by atoms with van der Waals surface area (Å²) in [7, 11) is 0. The van der Waals surface area contributed by atoms with Gasteiger partial charge in [0.15, 0.2) is 0 Å². The SMILES string of the molecule is CCCSc1ccc2cc(C#Cc3ccc(N=C=S)cc3)ccc2c1. The molecule has 122 valence electrons. The van der Waals surface area contributed by atoms with Crippen LogP contribution >= 0.6 is 24.0 Å². The minimum absolute atomic E-state index is 0.794. The lowest BCUT2D eigenvalue weighted by Crippen LogP contribution is -1.80. The van der Waals surface area contributed by atoms with Gasteiger partial charge >= 0.3 is 0 Å². The van der Waals surface area contributed by atoms with Gasteiger partial charge in [0.05, 0.1) is 10.8 Å². The molecule has 0 aliphatic carbocycles. The van der Waals surface area contributed by atoms with Crippen LogP contribution in [-0.2, 0) is 0 Å². The average molecular weight is 360 g/mol. The first-order chi connectivity index (χ1) is 12.3. The quantitative estimate of drug-likeness (QED) is 0.229. The van der Waals surface area contributed by atoms with E-state index in [4.69, 9.17) is 0 Å². The fraction of sp³-hybridized carbons (Fsp3) is 0.136. The van der Waals surface area contributed by atoms with Gasteiger partial charge in [-0.3, -0.25) is 0 Å². The van der Waals surface area contributed by atoms with E-state index >= 15 is 0 Å². The van der Waals surface area contributed by atoms with Gasteiger partial charge in [-0.15, -0.1) is 11.8 Å². The molecule has 0 saturated carbocycles. The summed E-state index contributed by atoms with van der Waals surface area (Å²) >= 11 is 6.51. The molecule has 3 rings (SSSR count). The summed E-state index contributed by atoms with van der Waals surface area (Å²) in [5, 5.41) is 4.84. The topological polar surface area (TPSA) is 12.4 Å². The lowest BCUT2D eigenvalue weighted by atomic mass is 10.1. The number of nitrogens with zero attached hydrogens (tertiary/aromatic N) is 1. The van der Waals surface area contributed by atoms with Crippen LogP contribution in [0.4, 0.5) is 5.69 Å². The minimum Gasteiger partial charge on any atom is -0.195 e. The summed E-state index contributed by atoms with van der Waals surface area (Å²) in [4.78, 5) is 5.27. The van der Waals surface area contributed by atoms with Crippen LogP contribution in [0.5, 0.6) is 0 Å². The summed E-state index contributed by atoms with van der Waals surface area (Å²) < 4.78 is 0. The van der Waals surface area contributed by atoms with Gasteiger partial charge in [-0.2, -0.15) is 4.99 Å². The number of thiocarbonyl (C=S) groups is 1. The third kappa shape index (κ3) is 4.81. The highest BCUT2D eigenvalue weighted by Gasteiger charge is 1.98. The van der Waals surface area contributed by atoms with Crippen molar-refractivity contribution >= 4 is 45.6 Å². The average Bonchev–Trinajstić information content (AvgIpc) is 2.66. The molecule has 0 amide bonds. The Balaban J connectivity index is 1.81. The number of rotatable bonds is 4. The Morgan fingerprint density at radius 2 is 1.56 bits per heavy atom. The molecule has 0 aromatic heterocycles. The fourth-order valence-corrected chi connectivity index (χ4v) is 3.35. The number of hydrogen-bond donors (Lipinski definition) is 0. The number of isothiocyanates is 1. The standard InChI is InChI=1S/C22H17NS2/c1-2-13-25-22-12-9-19-14-18(5-8-20(19)15-22)4-3-17-6-10-21(11-7-17)23-16-24/h5-12,14-15H,2,13H2,1H3. The maximum Gasteiger partial charge on any atom is 0.0740 e. The first-order valence-electron chi connectivity index (χ1n) is 8.15. The van der Waals surface area contributed by atoms with Gasteiger partial charge in [-0.25, -0.2) is 0 Å². The van der Waals surface area contributed by atoms with Crippen molar-refractivity contribution in [3.63, 3.8) is 0 Å². The van der Waals surface area contributed by atoms with Gasteiger partial charge in [0, 0.05) is 16.0 Å². The Morgan fingerprint density at radius 1 is 0.880 bits per heavy atom. The largest absolute Gasteiger partial charge is 0.195 e. The molecule has 0 heterocycles. The zero-order valence-corrected chi connectivity index (χ0v) is 15.6. The van der Waals surface area contributed by atoms with Gasteiger partial charge in [0.2, 0.25) is 0 Å². The van der Waals surface area contributed by atoms with Gasteiger partial charge in [-0.05, 0) is 83.7 Å². The summed E-state index contributed by atoms with van der Waals surface area (Å²) in [6.45, 7) is 2.21. The second kappa shape index (κ2) is 8.65. The summed E-state index contributed by atoms with van der Waals surface area (Å²) in [6, 6.07) is 20.6.